The van der Waals surface area contributed by atoms with Crippen LogP contribution in [0, 0.1) is 0 Å². The summed E-state index contributed by atoms with van der Waals surface area (Å²) >= 11 is 3.30. The summed E-state index contributed by atoms with van der Waals surface area (Å²) in [6, 6.07) is 8.41. The van der Waals surface area contributed by atoms with Crippen LogP contribution in [0.25, 0.3) is 0 Å². The van der Waals surface area contributed by atoms with Crippen LogP contribution >= 0.6 is 15.9 Å². The van der Waals surface area contributed by atoms with Gasteiger partial charge in [-0.25, -0.2) is 4.98 Å². The van der Waals surface area contributed by atoms with E-state index in [1.807, 2.05) is 0 Å². The third-order valence-corrected chi connectivity index (χ3v) is 2.84. The highest BCUT2D eigenvalue weighted by Gasteiger charge is 2.15. The molecule has 0 spiro atoms. The van der Waals surface area contributed by atoms with Crippen LogP contribution in [0.15, 0.2) is 41.0 Å². The third kappa shape index (κ3) is 2.29. The molecule has 4 N–H and O–H groups in total. The second-order valence-electron chi connectivity index (χ2n) is 3.50. The van der Waals surface area contributed by atoms with E-state index in [1.165, 1.54) is 6.20 Å². The number of nitrogens with zero attached hydrogens (tertiary/aromatic N) is 1. The zero-order valence-corrected chi connectivity index (χ0v) is 10.4. The van der Waals surface area contributed by atoms with Gasteiger partial charge in [-0.1, -0.05) is 15.9 Å². The number of carbonyl (C=O) groups excluding carboxylic acids is 1. The molecule has 1 heterocycles. The van der Waals surface area contributed by atoms with Crippen molar-refractivity contribution in [3.05, 3.63) is 52.1 Å². The lowest BCUT2D eigenvalue weighted by molar-refractivity contribution is 0.104. The maximum atomic E-state index is 12.2. The molecule has 0 radical (unpaired) electrons. The van der Waals surface area contributed by atoms with Crippen molar-refractivity contribution in [1.29, 1.82) is 0 Å². The Morgan fingerprint density at radius 3 is 2.65 bits per heavy atom. The molecule has 2 rings (SSSR count). The molecular formula is C12H10BrN3O. The van der Waals surface area contributed by atoms with Gasteiger partial charge in [0.2, 0.25) is 0 Å². The Kier molecular flexibility index (Phi) is 3.10. The maximum absolute atomic E-state index is 12.2. The Morgan fingerprint density at radius 1 is 1.18 bits per heavy atom. The number of halogens is 1. The van der Waals surface area contributed by atoms with Gasteiger partial charge in [-0.15, -0.1) is 0 Å². The average molecular weight is 292 g/mol. The molecule has 5 heteroatoms. The van der Waals surface area contributed by atoms with E-state index >= 15 is 0 Å². The van der Waals surface area contributed by atoms with Gasteiger partial charge in [0.1, 0.15) is 5.82 Å². The molecule has 0 aliphatic heterocycles. The number of ketones is 1. The zero-order valence-electron chi connectivity index (χ0n) is 8.85. The van der Waals surface area contributed by atoms with Crippen LogP contribution in [0.5, 0.6) is 0 Å². The first-order valence-corrected chi connectivity index (χ1v) is 5.69. The predicted octanol–water partition coefficient (Wildman–Crippen LogP) is 2.24. The SMILES string of the molecule is Nc1ccc(Br)cc1C(=O)c1cccnc1N. The van der Waals surface area contributed by atoms with Gasteiger partial charge < -0.3 is 11.5 Å². The van der Waals surface area contributed by atoms with Crippen LogP contribution in [0.4, 0.5) is 11.5 Å². The van der Waals surface area contributed by atoms with E-state index in [1.54, 1.807) is 30.3 Å². The van der Waals surface area contributed by atoms with Crippen molar-refractivity contribution < 1.29 is 4.79 Å². The lowest BCUT2D eigenvalue weighted by atomic mass is 10.0. The molecule has 0 bridgehead atoms. The fourth-order valence-corrected chi connectivity index (χ4v) is 1.84. The standard InChI is InChI=1S/C12H10BrN3O/c13-7-3-4-10(14)9(6-7)11(17)8-2-1-5-16-12(8)15/h1-6H,14H2,(H2,15,16). The largest absolute Gasteiger partial charge is 0.398 e. The number of rotatable bonds is 2. The molecule has 86 valence electrons. The number of pyridine rings is 1. The second kappa shape index (κ2) is 4.55. The highest BCUT2D eigenvalue weighted by Crippen LogP contribution is 2.22. The van der Waals surface area contributed by atoms with Gasteiger partial charge in [-0.3, -0.25) is 4.79 Å². The van der Waals surface area contributed by atoms with Crippen molar-refractivity contribution >= 4 is 33.2 Å². The molecular weight excluding hydrogens is 282 g/mol. The van der Waals surface area contributed by atoms with Crippen LogP contribution in [0.3, 0.4) is 0 Å². The molecule has 0 aliphatic rings. The molecule has 2 aromatic rings. The van der Waals surface area contributed by atoms with E-state index in [-0.39, 0.29) is 11.6 Å². The molecule has 0 aliphatic carbocycles. The topological polar surface area (TPSA) is 82.0 Å². The van der Waals surface area contributed by atoms with E-state index in [4.69, 9.17) is 11.5 Å². The Bertz CT molecular complexity index is 584. The van der Waals surface area contributed by atoms with Gasteiger partial charge in [0.15, 0.2) is 5.78 Å². The van der Waals surface area contributed by atoms with E-state index in [9.17, 15) is 4.79 Å². The highest BCUT2D eigenvalue weighted by atomic mass is 79.9. The van der Waals surface area contributed by atoms with E-state index < -0.39 is 0 Å². The molecule has 0 saturated carbocycles. The number of nitrogens with two attached hydrogens (primary N) is 2. The fraction of sp³-hybridized carbons (Fsp3) is 0. The molecule has 17 heavy (non-hydrogen) atoms. The summed E-state index contributed by atoms with van der Waals surface area (Å²) in [6.07, 6.45) is 1.54. The Hall–Kier alpha value is -1.88. The molecule has 0 fully saturated rings. The summed E-state index contributed by atoms with van der Waals surface area (Å²) in [5.74, 6) is -0.0220. The minimum Gasteiger partial charge on any atom is -0.398 e. The monoisotopic (exact) mass is 291 g/mol. The number of hydrogen-bond donors (Lipinski definition) is 2. The first kappa shape index (κ1) is 11.6. The van der Waals surface area contributed by atoms with Crippen molar-refractivity contribution in [3.63, 3.8) is 0 Å². The van der Waals surface area contributed by atoms with Crippen molar-refractivity contribution in [2.24, 2.45) is 0 Å². The van der Waals surface area contributed by atoms with Gasteiger partial charge in [0.05, 0.1) is 5.56 Å². The maximum Gasteiger partial charge on any atom is 0.198 e. The lowest BCUT2D eigenvalue weighted by Crippen LogP contribution is -2.09. The van der Waals surface area contributed by atoms with E-state index in [0.29, 0.717) is 16.8 Å². The lowest BCUT2D eigenvalue weighted by Gasteiger charge is -2.06. The number of nitrogen functional groups attached to an aromatic ring is 2. The Balaban J connectivity index is 2.51. The zero-order chi connectivity index (χ0) is 12.4. The Labute approximate surface area is 107 Å². The summed E-state index contributed by atoms with van der Waals surface area (Å²) < 4.78 is 0.789. The summed E-state index contributed by atoms with van der Waals surface area (Å²) in [6.45, 7) is 0. The van der Waals surface area contributed by atoms with Gasteiger partial charge in [0, 0.05) is 21.9 Å². The molecule has 0 saturated heterocycles. The summed E-state index contributed by atoms with van der Waals surface area (Å²) in [5, 5.41) is 0. The van der Waals surface area contributed by atoms with E-state index in [2.05, 4.69) is 20.9 Å². The van der Waals surface area contributed by atoms with Gasteiger partial charge in [-0.05, 0) is 30.3 Å². The molecule has 1 aromatic carbocycles. The van der Waals surface area contributed by atoms with Crippen molar-refractivity contribution in [2.75, 3.05) is 11.5 Å². The highest BCUT2D eigenvalue weighted by molar-refractivity contribution is 9.10. The summed E-state index contributed by atoms with van der Waals surface area (Å²) in [5.41, 5.74) is 12.6. The van der Waals surface area contributed by atoms with Gasteiger partial charge in [-0.2, -0.15) is 0 Å². The van der Waals surface area contributed by atoms with Crippen LogP contribution in [-0.2, 0) is 0 Å². The molecule has 4 nitrogen and oxygen atoms in total. The number of aromatic nitrogens is 1. The van der Waals surface area contributed by atoms with E-state index in [0.717, 1.165) is 4.47 Å². The smallest absolute Gasteiger partial charge is 0.198 e. The van der Waals surface area contributed by atoms with Crippen LogP contribution < -0.4 is 11.5 Å². The van der Waals surface area contributed by atoms with Gasteiger partial charge in [0.25, 0.3) is 0 Å². The quantitative estimate of drug-likeness (QED) is 0.657. The summed E-state index contributed by atoms with van der Waals surface area (Å²) in [7, 11) is 0. The van der Waals surface area contributed by atoms with Crippen LogP contribution in [0.1, 0.15) is 15.9 Å². The number of hydrogen-bond acceptors (Lipinski definition) is 4. The Morgan fingerprint density at radius 2 is 1.94 bits per heavy atom. The minimum atomic E-state index is -0.227. The first-order chi connectivity index (χ1) is 8.09. The number of anilines is 2. The summed E-state index contributed by atoms with van der Waals surface area (Å²) in [4.78, 5) is 16.1. The number of benzene rings is 1. The number of carbonyl (C=O) groups is 1. The molecule has 1 aromatic heterocycles. The average Bonchev–Trinajstić information content (AvgIpc) is 2.32. The van der Waals surface area contributed by atoms with Crippen LogP contribution in [0.2, 0.25) is 0 Å². The third-order valence-electron chi connectivity index (χ3n) is 2.34. The van der Waals surface area contributed by atoms with Crippen LogP contribution in [-0.4, -0.2) is 10.8 Å². The molecule has 0 atom stereocenters. The first-order valence-electron chi connectivity index (χ1n) is 4.90. The predicted molar refractivity (Wildman–Crippen MR) is 70.6 cm³/mol. The molecule has 0 amide bonds. The second-order valence-corrected chi connectivity index (χ2v) is 4.41. The van der Waals surface area contributed by atoms with Gasteiger partial charge >= 0.3 is 0 Å². The fourth-order valence-electron chi connectivity index (χ4n) is 1.48. The van der Waals surface area contributed by atoms with Crippen molar-refractivity contribution in [3.8, 4) is 0 Å². The minimum absolute atomic E-state index is 0.205. The van der Waals surface area contributed by atoms with Crippen molar-refractivity contribution in [2.45, 2.75) is 0 Å². The normalized spacial score (nSPS) is 10.2. The molecule has 0 unspecified atom stereocenters. The van der Waals surface area contributed by atoms with Crippen molar-refractivity contribution in [1.82, 2.24) is 4.98 Å².